The zero-order chi connectivity index (χ0) is 25.7. The number of benzene rings is 1. The molecule has 188 valence electrons. The molecule has 1 aromatic heterocycles. The predicted octanol–water partition coefficient (Wildman–Crippen LogP) is 4.49. The van der Waals surface area contributed by atoms with E-state index in [9.17, 15) is 18.3 Å². The van der Waals surface area contributed by atoms with Crippen LogP contribution in [0.3, 0.4) is 0 Å². The second-order valence-electron chi connectivity index (χ2n) is 8.31. The van der Waals surface area contributed by atoms with Crippen LogP contribution >= 0.6 is 0 Å². The maximum absolute atomic E-state index is 12.5. The third kappa shape index (κ3) is 7.49. The van der Waals surface area contributed by atoms with Crippen molar-refractivity contribution in [1.82, 2.24) is 9.97 Å². The van der Waals surface area contributed by atoms with Gasteiger partial charge in [-0.15, -0.1) is 0 Å². The Morgan fingerprint density at radius 2 is 1.94 bits per heavy atom. The van der Waals surface area contributed by atoms with Gasteiger partial charge in [0, 0.05) is 30.2 Å². The fourth-order valence-corrected chi connectivity index (χ4v) is 3.32. The van der Waals surface area contributed by atoms with Crippen LogP contribution in [-0.2, 0) is 16.9 Å². The van der Waals surface area contributed by atoms with Crippen molar-refractivity contribution in [2.45, 2.75) is 53.0 Å². The lowest BCUT2D eigenvalue weighted by molar-refractivity contribution is -0.176. The van der Waals surface area contributed by atoms with E-state index in [0.29, 0.717) is 29.2 Å². The van der Waals surface area contributed by atoms with Crippen LogP contribution in [0.25, 0.3) is 0 Å². The van der Waals surface area contributed by atoms with Gasteiger partial charge in [0.1, 0.15) is 18.0 Å². The lowest BCUT2D eigenvalue weighted by Gasteiger charge is -2.23. The van der Waals surface area contributed by atoms with Gasteiger partial charge in [0.2, 0.25) is 5.95 Å². The van der Waals surface area contributed by atoms with Gasteiger partial charge in [-0.1, -0.05) is 0 Å². The minimum atomic E-state index is -4.45. The highest BCUT2D eigenvalue weighted by Crippen LogP contribution is 2.33. The molecule has 0 saturated heterocycles. The number of nitrogens with zero attached hydrogens (tertiary/aromatic N) is 3. The van der Waals surface area contributed by atoms with Crippen molar-refractivity contribution in [1.29, 1.82) is 0 Å². The normalized spacial score (nSPS) is 12.6. The number of rotatable bonds is 10. The van der Waals surface area contributed by atoms with Crippen molar-refractivity contribution in [3.63, 3.8) is 0 Å². The monoisotopic (exact) mass is 483 g/mol. The van der Waals surface area contributed by atoms with Gasteiger partial charge in [-0.3, -0.25) is 0 Å². The fraction of sp³-hybridized carbons (Fsp3) is 0.478. The summed E-state index contributed by atoms with van der Waals surface area (Å²) in [6, 6.07) is 5.36. The molecule has 0 atom stereocenters. The van der Waals surface area contributed by atoms with Crippen LogP contribution in [0.15, 0.2) is 30.1 Å². The Morgan fingerprint density at radius 3 is 2.47 bits per heavy atom. The molecule has 8 nitrogen and oxygen atoms in total. The van der Waals surface area contributed by atoms with Gasteiger partial charge in [0.15, 0.2) is 0 Å². The lowest BCUT2D eigenvalue weighted by Crippen LogP contribution is -2.23. The number of nitrogens with one attached hydrogen (secondary N) is 1. The second kappa shape index (κ2) is 10.9. The number of nitrogens with two attached hydrogens (primary N) is 1. The topological polar surface area (TPSA) is 106 Å². The third-order valence-electron chi connectivity index (χ3n) is 4.78. The Kier molecular flexibility index (Phi) is 8.73. The molecule has 0 saturated carbocycles. The van der Waals surface area contributed by atoms with Gasteiger partial charge in [-0.25, -0.2) is 9.97 Å². The first-order chi connectivity index (χ1) is 15.7. The highest BCUT2D eigenvalue weighted by atomic mass is 19.4. The number of methoxy groups -OCH3 is 1. The Labute approximate surface area is 197 Å². The molecule has 11 heteroatoms. The number of hydrogen-bond donors (Lipinski definition) is 3. The number of ether oxygens (including phenoxy) is 2. The first-order valence-corrected chi connectivity index (χ1v) is 10.7. The van der Waals surface area contributed by atoms with E-state index in [1.807, 2.05) is 17.9 Å². The summed E-state index contributed by atoms with van der Waals surface area (Å²) >= 11 is 0. The van der Waals surface area contributed by atoms with E-state index in [4.69, 9.17) is 15.2 Å². The van der Waals surface area contributed by atoms with E-state index in [2.05, 4.69) is 15.3 Å². The SMILES string of the molecule is CCN(/C=C(/C)N)c1ccc(Nc2nc(COCC(F)(F)F)c(C)c(C(C)(C)O)n2)cc1OC. The molecule has 1 aromatic carbocycles. The summed E-state index contributed by atoms with van der Waals surface area (Å²) in [5.41, 5.74) is 7.46. The first-order valence-electron chi connectivity index (χ1n) is 10.7. The number of hydrogen-bond acceptors (Lipinski definition) is 8. The van der Waals surface area contributed by atoms with Crippen LogP contribution in [-0.4, -0.2) is 41.5 Å². The summed E-state index contributed by atoms with van der Waals surface area (Å²) in [4.78, 5) is 10.7. The van der Waals surface area contributed by atoms with E-state index in [-0.39, 0.29) is 23.9 Å². The number of allylic oxidation sites excluding steroid dienone is 1. The van der Waals surface area contributed by atoms with Crippen molar-refractivity contribution in [3.8, 4) is 5.75 Å². The smallest absolute Gasteiger partial charge is 0.411 e. The average Bonchev–Trinajstić information content (AvgIpc) is 2.72. The molecular formula is C23H32F3N5O3. The highest BCUT2D eigenvalue weighted by molar-refractivity contribution is 5.68. The Bertz CT molecular complexity index is 1020. The molecule has 0 unspecified atom stereocenters. The molecule has 0 aliphatic carbocycles. The molecule has 34 heavy (non-hydrogen) atoms. The molecule has 0 amide bonds. The molecule has 0 bridgehead atoms. The van der Waals surface area contributed by atoms with Gasteiger partial charge in [-0.2, -0.15) is 13.2 Å². The van der Waals surface area contributed by atoms with Crippen LogP contribution in [0.5, 0.6) is 5.75 Å². The molecule has 0 aliphatic rings. The van der Waals surface area contributed by atoms with Crippen LogP contribution in [0.4, 0.5) is 30.5 Å². The third-order valence-corrected chi connectivity index (χ3v) is 4.78. The first kappa shape index (κ1) is 27.2. The summed E-state index contributed by atoms with van der Waals surface area (Å²) in [5, 5.41) is 13.6. The van der Waals surface area contributed by atoms with E-state index in [0.717, 1.165) is 5.69 Å². The number of halogens is 3. The quantitative estimate of drug-likeness (QED) is 0.454. The highest BCUT2D eigenvalue weighted by Gasteiger charge is 2.29. The van der Waals surface area contributed by atoms with Crippen molar-refractivity contribution < 1.29 is 27.8 Å². The molecule has 2 aromatic rings. The van der Waals surface area contributed by atoms with Gasteiger partial charge >= 0.3 is 6.18 Å². The summed E-state index contributed by atoms with van der Waals surface area (Å²) in [5.74, 6) is 0.668. The van der Waals surface area contributed by atoms with E-state index in [1.165, 1.54) is 13.8 Å². The molecule has 0 aliphatic heterocycles. The Hall–Kier alpha value is -3.05. The number of anilines is 3. The Morgan fingerprint density at radius 1 is 1.26 bits per heavy atom. The minimum Gasteiger partial charge on any atom is -0.494 e. The number of alkyl halides is 3. The maximum atomic E-state index is 12.5. The van der Waals surface area contributed by atoms with E-state index >= 15 is 0 Å². The molecule has 0 fully saturated rings. The van der Waals surface area contributed by atoms with Gasteiger partial charge < -0.3 is 30.5 Å². The van der Waals surface area contributed by atoms with E-state index < -0.39 is 18.4 Å². The van der Waals surface area contributed by atoms with Crippen LogP contribution in [0, 0.1) is 6.92 Å². The van der Waals surface area contributed by atoms with Gasteiger partial charge in [-0.05, 0) is 52.3 Å². The molecule has 2 rings (SSSR count). The van der Waals surface area contributed by atoms with Crippen LogP contribution < -0.4 is 20.7 Å². The molecule has 1 heterocycles. The fourth-order valence-electron chi connectivity index (χ4n) is 3.32. The van der Waals surface area contributed by atoms with Gasteiger partial charge in [0.05, 0.1) is 30.8 Å². The maximum Gasteiger partial charge on any atom is 0.411 e. The molecule has 4 N–H and O–H groups in total. The zero-order valence-electron chi connectivity index (χ0n) is 20.2. The van der Waals surface area contributed by atoms with Crippen molar-refractivity contribution >= 4 is 17.3 Å². The van der Waals surface area contributed by atoms with Crippen molar-refractivity contribution in [3.05, 3.63) is 47.0 Å². The van der Waals surface area contributed by atoms with Crippen molar-refractivity contribution in [2.24, 2.45) is 5.73 Å². The largest absolute Gasteiger partial charge is 0.494 e. The second-order valence-corrected chi connectivity index (χ2v) is 8.31. The molecule has 0 radical (unpaired) electrons. The lowest BCUT2D eigenvalue weighted by atomic mass is 9.99. The zero-order valence-corrected chi connectivity index (χ0v) is 20.2. The summed E-state index contributed by atoms with van der Waals surface area (Å²) < 4.78 is 47.9. The van der Waals surface area contributed by atoms with Crippen molar-refractivity contribution in [2.75, 3.05) is 30.5 Å². The average molecular weight is 484 g/mol. The summed E-state index contributed by atoms with van der Waals surface area (Å²) in [6.07, 6.45) is -2.65. The number of aliphatic hydroxyl groups is 1. The summed E-state index contributed by atoms with van der Waals surface area (Å²) in [6.45, 7) is 7.35. The molecule has 0 spiro atoms. The molecular weight excluding hydrogens is 451 g/mol. The van der Waals surface area contributed by atoms with Gasteiger partial charge in [0.25, 0.3) is 0 Å². The van der Waals surface area contributed by atoms with Crippen LogP contribution in [0.1, 0.15) is 44.6 Å². The predicted molar refractivity (Wildman–Crippen MR) is 125 cm³/mol. The minimum absolute atomic E-state index is 0.105. The standard InChI is InChI=1S/C23H32F3N5O3/c1-7-31(11-14(2)27)18-9-8-16(10-19(18)33-6)28-21-29-17(12-34-13-23(24,25)26)15(3)20(30-21)22(4,5)32/h8-11,32H,7,12-13,27H2,1-6H3,(H,28,29,30)/b14-11-. The Balaban J connectivity index is 2.41. The summed E-state index contributed by atoms with van der Waals surface area (Å²) in [7, 11) is 1.54. The van der Waals surface area contributed by atoms with E-state index in [1.54, 1.807) is 39.3 Å². The number of aromatic nitrogens is 2. The van der Waals surface area contributed by atoms with Crippen LogP contribution in [0.2, 0.25) is 0 Å².